The largest absolute Gasteiger partial charge is 0.361 e. The van der Waals surface area contributed by atoms with Gasteiger partial charge in [-0.1, -0.05) is 31.4 Å². The summed E-state index contributed by atoms with van der Waals surface area (Å²) in [6.07, 6.45) is 4.34. The highest BCUT2D eigenvalue weighted by molar-refractivity contribution is 7.98. The predicted octanol–water partition coefficient (Wildman–Crippen LogP) is 2.73. The van der Waals surface area contributed by atoms with Gasteiger partial charge in [0.25, 0.3) is 0 Å². The molecule has 6 heteroatoms. The van der Waals surface area contributed by atoms with E-state index in [1.165, 1.54) is 11.8 Å². The van der Waals surface area contributed by atoms with E-state index < -0.39 is 8.07 Å². The lowest BCUT2D eigenvalue weighted by Gasteiger charge is -2.16. The number of imidazole rings is 1. The molecule has 0 radical (unpaired) electrons. The van der Waals surface area contributed by atoms with Crippen LogP contribution in [0.25, 0.3) is 0 Å². The number of hydrogen-bond acceptors (Lipinski definition) is 4. The molecule has 0 N–H and O–H groups in total. The second kappa shape index (κ2) is 6.37. The fourth-order valence-electron chi connectivity index (χ4n) is 1.29. The first-order valence-corrected chi connectivity index (χ1v) is 10.5. The first-order chi connectivity index (χ1) is 7.98. The first-order valence-electron chi connectivity index (χ1n) is 5.60. The number of ether oxygens (including phenoxy) is 1. The Morgan fingerprint density at radius 3 is 2.76 bits per heavy atom. The van der Waals surface area contributed by atoms with Crippen molar-refractivity contribution in [1.29, 1.82) is 0 Å². The SMILES string of the molecule is CSc1ncc(C=O)n1COCC[Si](C)(C)C. The van der Waals surface area contributed by atoms with E-state index in [2.05, 4.69) is 24.6 Å². The van der Waals surface area contributed by atoms with Crippen LogP contribution in [-0.2, 0) is 11.5 Å². The number of aromatic nitrogens is 2. The van der Waals surface area contributed by atoms with Gasteiger partial charge in [-0.05, 0) is 12.3 Å². The number of aldehydes is 1. The molecule has 0 aromatic carbocycles. The highest BCUT2D eigenvalue weighted by atomic mass is 32.2. The van der Waals surface area contributed by atoms with Gasteiger partial charge in [0.1, 0.15) is 12.4 Å². The summed E-state index contributed by atoms with van der Waals surface area (Å²) >= 11 is 1.52. The summed E-state index contributed by atoms with van der Waals surface area (Å²) in [6.45, 7) is 8.11. The summed E-state index contributed by atoms with van der Waals surface area (Å²) in [6, 6.07) is 1.13. The summed E-state index contributed by atoms with van der Waals surface area (Å²) in [5, 5.41) is 0.820. The van der Waals surface area contributed by atoms with Gasteiger partial charge in [0, 0.05) is 14.7 Å². The topological polar surface area (TPSA) is 44.1 Å². The van der Waals surface area contributed by atoms with Crippen molar-refractivity contribution < 1.29 is 9.53 Å². The molecule has 0 saturated carbocycles. The minimum absolute atomic E-state index is 0.411. The molecular formula is C11H20N2O2SSi. The third-order valence-corrected chi connectivity index (χ3v) is 4.77. The van der Waals surface area contributed by atoms with Gasteiger partial charge in [0.15, 0.2) is 11.4 Å². The smallest absolute Gasteiger partial charge is 0.170 e. The Hall–Kier alpha value is -0.593. The van der Waals surface area contributed by atoms with Crippen molar-refractivity contribution in [2.45, 2.75) is 37.6 Å². The average Bonchev–Trinajstić information content (AvgIpc) is 2.65. The summed E-state index contributed by atoms with van der Waals surface area (Å²) in [7, 11) is -1.05. The van der Waals surface area contributed by atoms with Crippen LogP contribution in [-0.4, -0.2) is 36.8 Å². The maximum Gasteiger partial charge on any atom is 0.170 e. The van der Waals surface area contributed by atoms with Gasteiger partial charge in [0.2, 0.25) is 0 Å². The zero-order valence-corrected chi connectivity index (χ0v) is 12.7. The Bertz CT molecular complexity index is 374. The Morgan fingerprint density at radius 2 is 2.24 bits per heavy atom. The maximum atomic E-state index is 10.8. The lowest BCUT2D eigenvalue weighted by molar-refractivity contribution is 0.0781. The quantitative estimate of drug-likeness (QED) is 0.331. The highest BCUT2D eigenvalue weighted by Crippen LogP contribution is 2.15. The molecule has 17 heavy (non-hydrogen) atoms. The van der Waals surface area contributed by atoms with E-state index >= 15 is 0 Å². The third-order valence-electron chi connectivity index (χ3n) is 2.37. The van der Waals surface area contributed by atoms with Gasteiger partial charge in [-0.25, -0.2) is 4.98 Å². The summed E-state index contributed by atoms with van der Waals surface area (Å²) in [4.78, 5) is 15.0. The van der Waals surface area contributed by atoms with Crippen molar-refractivity contribution >= 4 is 26.1 Å². The van der Waals surface area contributed by atoms with Crippen molar-refractivity contribution in [3.63, 3.8) is 0 Å². The van der Waals surface area contributed by atoms with Gasteiger partial charge in [-0.2, -0.15) is 0 Å². The summed E-state index contributed by atoms with van der Waals surface area (Å²) < 4.78 is 7.43. The summed E-state index contributed by atoms with van der Waals surface area (Å²) in [5.74, 6) is 0. The Labute approximate surface area is 108 Å². The third kappa shape index (κ3) is 4.65. The van der Waals surface area contributed by atoms with Crippen molar-refractivity contribution in [2.75, 3.05) is 12.9 Å². The van der Waals surface area contributed by atoms with E-state index in [4.69, 9.17) is 4.74 Å². The van der Waals surface area contributed by atoms with E-state index in [0.29, 0.717) is 12.4 Å². The van der Waals surface area contributed by atoms with Crippen LogP contribution in [0.15, 0.2) is 11.4 Å². The Balaban J connectivity index is 2.50. The number of rotatable bonds is 7. The van der Waals surface area contributed by atoms with Gasteiger partial charge >= 0.3 is 0 Å². The van der Waals surface area contributed by atoms with E-state index in [1.54, 1.807) is 6.20 Å². The van der Waals surface area contributed by atoms with Crippen LogP contribution in [0.1, 0.15) is 10.5 Å². The number of carbonyl (C=O) groups is 1. The molecule has 0 bridgehead atoms. The lowest BCUT2D eigenvalue weighted by Crippen LogP contribution is -2.22. The molecule has 1 rings (SSSR count). The molecule has 0 unspecified atom stereocenters. The van der Waals surface area contributed by atoms with Gasteiger partial charge in [-0.3, -0.25) is 9.36 Å². The zero-order valence-electron chi connectivity index (χ0n) is 10.9. The molecule has 0 spiro atoms. The molecule has 0 atom stereocenters. The van der Waals surface area contributed by atoms with E-state index in [-0.39, 0.29) is 0 Å². The second-order valence-electron chi connectivity index (χ2n) is 5.06. The molecule has 0 aliphatic heterocycles. The maximum absolute atomic E-state index is 10.8. The van der Waals surface area contributed by atoms with Crippen LogP contribution in [0, 0.1) is 0 Å². The van der Waals surface area contributed by atoms with Crippen LogP contribution < -0.4 is 0 Å². The standard InChI is InChI=1S/C11H20N2O2SSi/c1-16-11-12-7-10(8-14)13(11)9-15-5-6-17(2,3)4/h7-8H,5-6,9H2,1-4H3. The average molecular weight is 272 g/mol. The molecule has 0 aliphatic rings. The molecule has 4 nitrogen and oxygen atoms in total. The predicted molar refractivity (Wildman–Crippen MR) is 73.5 cm³/mol. The fraction of sp³-hybridized carbons (Fsp3) is 0.636. The zero-order chi connectivity index (χ0) is 12.9. The Morgan fingerprint density at radius 1 is 1.53 bits per heavy atom. The van der Waals surface area contributed by atoms with Crippen LogP contribution >= 0.6 is 11.8 Å². The van der Waals surface area contributed by atoms with Crippen LogP contribution in [0.4, 0.5) is 0 Å². The van der Waals surface area contributed by atoms with Crippen LogP contribution in [0.5, 0.6) is 0 Å². The molecular weight excluding hydrogens is 252 g/mol. The molecule has 0 amide bonds. The minimum atomic E-state index is -1.05. The molecule has 1 aromatic rings. The van der Waals surface area contributed by atoms with Gasteiger partial charge < -0.3 is 4.74 Å². The highest BCUT2D eigenvalue weighted by Gasteiger charge is 2.13. The fourth-order valence-corrected chi connectivity index (χ4v) is 2.59. The molecule has 96 valence electrons. The van der Waals surface area contributed by atoms with Gasteiger partial charge in [-0.15, -0.1) is 0 Å². The normalized spacial score (nSPS) is 11.8. The number of hydrogen-bond donors (Lipinski definition) is 0. The van der Waals surface area contributed by atoms with Crippen LogP contribution in [0.2, 0.25) is 25.7 Å². The molecule has 1 heterocycles. The number of nitrogens with zero attached hydrogens (tertiary/aromatic N) is 2. The summed E-state index contributed by atoms with van der Waals surface area (Å²) in [5.41, 5.74) is 0.572. The second-order valence-corrected chi connectivity index (χ2v) is 11.5. The number of thioether (sulfide) groups is 1. The van der Waals surface area contributed by atoms with E-state index in [1.807, 2.05) is 10.8 Å². The minimum Gasteiger partial charge on any atom is -0.361 e. The number of carbonyl (C=O) groups excluding carboxylic acids is 1. The first kappa shape index (κ1) is 14.5. The van der Waals surface area contributed by atoms with Crippen molar-refractivity contribution in [1.82, 2.24) is 9.55 Å². The molecule has 0 fully saturated rings. The van der Waals surface area contributed by atoms with E-state index in [9.17, 15) is 4.79 Å². The molecule has 0 saturated heterocycles. The Kier molecular flexibility index (Phi) is 5.42. The lowest BCUT2D eigenvalue weighted by atomic mass is 10.5. The monoisotopic (exact) mass is 272 g/mol. The van der Waals surface area contributed by atoms with Crippen LogP contribution in [0.3, 0.4) is 0 Å². The van der Waals surface area contributed by atoms with Gasteiger partial charge in [0.05, 0.1) is 6.20 Å². The molecule has 0 aliphatic carbocycles. The van der Waals surface area contributed by atoms with Crippen molar-refractivity contribution in [2.24, 2.45) is 0 Å². The molecule has 1 aromatic heterocycles. The van der Waals surface area contributed by atoms with E-state index in [0.717, 1.165) is 24.1 Å². The van der Waals surface area contributed by atoms with Crippen molar-refractivity contribution in [3.05, 3.63) is 11.9 Å². The van der Waals surface area contributed by atoms with Crippen molar-refractivity contribution in [3.8, 4) is 0 Å².